The number of nitrogens with one attached hydrogen (secondary N) is 2. The Balaban J connectivity index is 1.59. The van der Waals surface area contributed by atoms with E-state index < -0.39 is 23.5 Å². The van der Waals surface area contributed by atoms with Crippen LogP contribution in [0.25, 0.3) is 0 Å². The summed E-state index contributed by atoms with van der Waals surface area (Å²) >= 11 is 12.0. The second-order valence-electron chi connectivity index (χ2n) is 7.54. The Labute approximate surface area is 210 Å². The number of aryl methyl sites for hydroxylation is 1. The highest BCUT2D eigenvalue weighted by Gasteiger charge is 2.39. The highest BCUT2D eigenvalue weighted by Crippen LogP contribution is 2.33. The van der Waals surface area contributed by atoms with Crippen LogP contribution in [0.2, 0.25) is 5.02 Å². The molecule has 0 unspecified atom stereocenters. The van der Waals surface area contributed by atoms with Gasteiger partial charge in [0.25, 0.3) is 17.7 Å². The Morgan fingerprint density at radius 1 is 0.971 bits per heavy atom. The number of halogens is 3. The van der Waals surface area contributed by atoms with Gasteiger partial charge < -0.3 is 15.4 Å². The van der Waals surface area contributed by atoms with Gasteiger partial charge in [0.15, 0.2) is 0 Å². The minimum atomic E-state index is -0.787. The summed E-state index contributed by atoms with van der Waals surface area (Å²) in [6.45, 7) is 1.76. The van der Waals surface area contributed by atoms with Gasteiger partial charge in [-0.3, -0.25) is 14.4 Å². The van der Waals surface area contributed by atoms with Gasteiger partial charge in [0, 0.05) is 11.3 Å². The van der Waals surface area contributed by atoms with Crippen LogP contribution in [0.1, 0.15) is 15.9 Å². The number of ether oxygens (including phenoxy) is 1. The molecule has 178 valence electrons. The zero-order chi connectivity index (χ0) is 25.3. The second-order valence-corrected chi connectivity index (χ2v) is 8.33. The van der Waals surface area contributed by atoms with Gasteiger partial charge in [-0.1, -0.05) is 41.4 Å². The van der Waals surface area contributed by atoms with Crippen molar-refractivity contribution in [1.29, 1.82) is 0 Å². The third-order valence-corrected chi connectivity index (χ3v) is 5.94. The van der Waals surface area contributed by atoms with Gasteiger partial charge in [0.2, 0.25) is 0 Å². The van der Waals surface area contributed by atoms with Crippen molar-refractivity contribution >= 4 is 58.0 Å². The van der Waals surface area contributed by atoms with Crippen LogP contribution in [-0.2, 0) is 9.59 Å². The molecule has 0 spiro atoms. The van der Waals surface area contributed by atoms with Crippen LogP contribution in [0.5, 0.6) is 5.75 Å². The van der Waals surface area contributed by atoms with Gasteiger partial charge >= 0.3 is 0 Å². The minimum Gasteiger partial charge on any atom is -0.495 e. The fourth-order valence-corrected chi connectivity index (χ4v) is 3.83. The average Bonchev–Trinajstić information content (AvgIpc) is 3.05. The van der Waals surface area contributed by atoms with Crippen LogP contribution >= 0.6 is 23.2 Å². The number of methoxy groups -OCH3 is 1. The molecule has 2 N–H and O–H groups in total. The van der Waals surface area contributed by atoms with Gasteiger partial charge in [-0.05, 0) is 55.0 Å². The fraction of sp³-hybridized carbons (Fsp3) is 0.0800. The molecule has 0 fully saturated rings. The number of carbonyl (C=O) groups is 3. The van der Waals surface area contributed by atoms with E-state index in [9.17, 15) is 18.8 Å². The van der Waals surface area contributed by atoms with Gasteiger partial charge in [0.05, 0.1) is 23.5 Å². The molecule has 3 aromatic carbocycles. The molecular weight excluding hydrogens is 496 g/mol. The number of nitrogens with zero attached hydrogens (tertiary/aromatic N) is 1. The Kier molecular flexibility index (Phi) is 6.77. The first-order valence-electron chi connectivity index (χ1n) is 10.3. The maximum Gasteiger partial charge on any atom is 0.283 e. The van der Waals surface area contributed by atoms with E-state index in [-0.39, 0.29) is 21.4 Å². The number of anilines is 3. The Bertz CT molecular complexity index is 1410. The molecule has 0 radical (unpaired) electrons. The van der Waals surface area contributed by atoms with Crippen molar-refractivity contribution < 1.29 is 23.5 Å². The van der Waals surface area contributed by atoms with Crippen molar-refractivity contribution in [3.05, 3.63) is 93.4 Å². The smallest absolute Gasteiger partial charge is 0.283 e. The van der Waals surface area contributed by atoms with Gasteiger partial charge in [-0.15, -0.1) is 0 Å². The van der Waals surface area contributed by atoms with Crippen LogP contribution < -0.4 is 20.3 Å². The first kappa shape index (κ1) is 24.3. The van der Waals surface area contributed by atoms with E-state index in [0.717, 1.165) is 17.0 Å². The Hall–Kier alpha value is -3.88. The molecule has 4 rings (SSSR count). The minimum absolute atomic E-state index is 0.0722. The number of hydrogen-bond acceptors (Lipinski definition) is 5. The maximum absolute atomic E-state index is 13.5. The molecule has 0 saturated heterocycles. The molecule has 3 amide bonds. The SMILES string of the molecule is COc1ccccc1NC(=O)c1ccc(C)c(NC2=C(Cl)C(=O)N(c3ccc(F)c(Cl)c3)C2=O)c1. The van der Waals surface area contributed by atoms with Crippen LogP contribution in [0, 0.1) is 12.7 Å². The highest BCUT2D eigenvalue weighted by molar-refractivity contribution is 6.53. The number of benzene rings is 3. The number of para-hydroxylation sites is 2. The summed E-state index contributed by atoms with van der Waals surface area (Å²) in [6, 6.07) is 15.3. The predicted octanol–water partition coefficient (Wildman–Crippen LogP) is 5.48. The molecular formula is C25H18Cl2FN3O4. The van der Waals surface area contributed by atoms with E-state index in [2.05, 4.69) is 10.6 Å². The average molecular weight is 514 g/mol. The van der Waals surface area contributed by atoms with Crippen molar-refractivity contribution in [2.45, 2.75) is 6.92 Å². The predicted molar refractivity (Wildman–Crippen MR) is 133 cm³/mol. The number of imide groups is 1. The van der Waals surface area contributed by atoms with Crippen LogP contribution in [0.3, 0.4) is 0 Å². The van der Waals surface area contributed by atoms with E-state index >= 15 is 0 Å². The van der Waals surface area contributed by atoms with Gasteiger partial charge in [0.1, 0.15) is 22.3 Å². The van der Waals surface area contributed by atoms with Gasteiger partial charge in [-0.2, -0.15) is 0 Å². The summed E-state index contributed by atoms with van der Waals surface area (Å²) in [7, 11) is 1.50. The monoisotopic (exact) mass is 513 g/mol. The maximum atomic E-state index is 13.5. The van der Waals surface area contributed by atoms with Crippen LogP contribution in [0.4, 0.5) is 21.5 Å². The Morgan fingerprint density at radius 3 is 2.43 bits per heavy atom. The van der Waals surface area contributed by atoms with E-state index in [1.807, 2.05) is 0 Å². The lowest BCUT2D eigenvalue weighted by Crippen LogP contribution is -2.32. The van der Waals surface area contributed by atoms with Crippen LogP contribution in [0.15, 0.2) is 71.4 Å². The summed E-state index contributed by atoms with van der Waals surface area (Å²) < 4.78 is 18.8. The summed E-state index contributed by atoms with van der Waals surface area (Å²) in [4.78, 5) is 39.4. The molecule has 0 aromatic heterocycles. The summed E-state index contributed by atoms with van der Waals surface area (Å²) in [5, 5.41) is 5.06. The molecule has 1 aliphatic heterocycles. The molecule has 3 aromatic rings. The molecule has 1 aliphatic rings. The number of carbonyl (C=O) groups excluding carboxylic acids is 3. The van der Waals surface area contributed by atoms with Gasteiger partial charge in [-0.25, -0.2) is 9.29 Å². The van der Waals surface area contributed by atoms with E-state index in [0.29, 0.717) is 28.3 Å². The summed E-state index contributed by atoms with van der Waals surface area (Å²) in [6.07, 6.45) is 0. The third kappa shape index (κ3) is 4.71. The molecule has 35 heavy (non-hydrogen) atoms. The largest absolute Gasteiger partial charge is 0.495 e. The topological polar surface area (TPSA) is 87.7 Å². The summed E-state index contributed by atoms with van der Waals surface area (Å²) in [5.74, 6) is -2.13. The first-order chi connectivity index (χ1) is 16.7. The standard InChI is InChI=1S/C25H18Cl2FN3O4/c1-13-7-8-14(23(32)30-18-5-3-4-6-20(18)35-2)11-19(13)29-22-21(27)24(33)31(25(22)34)15-9-10-17(28)16(26)12-15/h3-12,29H,1-2H3,(H,30,32). The Morgan fingerprint density at radius 2 is 1.71 bits per heavy atom. The molecule has 0 bridgehead atoms. The normalized spacial score (nSPS) is 13.3. The fourth-order valence-electron chi connectivity index (χ4n) is 3.44. The molecule has 0 saturated carbocycles. The van der Waals surface area contributed by atoms with Crippen molar-refractivity contribution in [3.8, 4) is 5.75 Å². The molecule has 1 heterocycles. The zero-order valence-electron chi connectivity index (χ0n) is 18.5. The van der Waals surface area contributed by atoms with Crippen LogP contribution in [-0.4, -0.2) is 24.8 Å². The number of hydrogen-bond donors (Lipinski definition) is 2. The number of amides is 3. The summed E-state index contributed by atoms with van der Waals surface area (Å²) in [5.41, 5.74) is 1.77. The van der Waals surface area contributed by atoms with E-state index in [1.165, 1.54) is 19.2 Å². The van der Waals surface area contributed by atoms with Crippen molar-refractivity contribution in [2.75, 3.05) is 22.6 Å². The lowest BCUT2D eigenvalue weighted by molar-refractivity contribution is -0.120. The quantitative estimate of drug-likeness (QED) is 0.426. The third-order valence-electron chi connectivity index (χ3n) is 5.30. The highest BCUT2D eigenvalue weighted by atomic mass is 35.5. The first-order valence-corrected chi connectivity index (χ1v) is 11.0. The van der Waals surface area contributed by atoms with Crippen molar-refractivity contribution in [1.82, 2.24) is 0 Å². The van der Waals surface area contributed by atoms with Crippen molar-refractivity contribution in [3.63, 3.8) is 0 Å². The molecule has 7 nitrogen and oxygen atoms in total. The van der Waals surface area contributed by atoms with E-state index in [1.54, 1.807) is 43.3 Å². The zero-order valence-corrected chi connectivity index (χ0v) is 20.0. The molecule has 0 atom stereocenters. The second kappa shape index (κ2) is 9.77. The lowest BCUT2D eigenvalue weighted by atomic mass is 10.1. The number of rotatable bonds is 6. The lowest BCUT2D eigenvalue weighted by Gasteiger charge is -2.16. The van der Waals surface area contributed by atoms with E-state index in [4.69, 9.17) is 27.9 Å². The molecule has 10 heteroatoms. The van der Waals surface area contributed by atoms with Crippen molar-refractivity contribution in [2.24, 2.45) is 0 Å². The molecule has 0 aliphatic carbocycles.